The molecule has 1 rings (SSSR count). The van der Waals surface area contributed by atoms with Crippen LogP contribution in [0.15, 0.2) is 11.6 Å². The minimum Gasteiger partial charge on any atom is -0.478 e. The van der Waals surface area contributed by atoms with Gasteiger partial charge in [-0.05, 0) is 25.5 Å². The van der Waals surface area contributed by atoms with E-state index < -0.39 is 5.97 Å². The summed E-state index contributed by atoms with van der Waals surface area (Å²) in [4.78, 5) is 10.8. The highest BCUT2D eigenvalue weighted by atomic mass is 32.2. The molecule has 0 heterocycles. The van der Waals surface area contributed by atoms with Crippen molar-refractivity contribution in [2.75, 3.05) is 12.8 Å². The average Bonchev–Trinajstić information content (AvgIpc) is 2.34. The zero-order chi connectivity index (χ0) is 12.7. The molecule has 0 radical (unpaired) electrons. The number of aliphatic carboxylic acids is 1. The van der Waals surface area contributed by atoms with Crippen LogP contribution in [0.3, 0.4) is 0 Å². The summed E-state index contributed by atoms with van der Waals surface area (Å²) in [6.45, 7) is 2.56. The molecule has 2 atom stereocenters. The summed E-state index contributed by atoms with van der Waals surface area (Å²) in [6.07, 6.45) is 9.68. The van der Waals surface area contributed by atoms with E-state index in [1.54, 1.807) is 0 Å². The molecule has 4 heteroatoms. The van der Waals surface area contributed by atoms with Gasteiger partial charge in [0.2, 0.25) is 0 Å². The number of nitrogens with one attached hydrogen (secondary N) is 1. The Kier molecular flexibility index (Phi) is 6.66. The molecule has 0 aromatic rings. The van der Waals surface area contributed by atoms with Gasteiger partial charge < -0.3 is 10.4 Å². The van der Waals surface area contributed by atoms with E-state index in [1.807, 2.05) is 24.8 Å². The summed E-state index contributed by atoms with van der Waals surface area (Å²) >= 11 is 1.93. The molecular weight excluding hydrogens is 234 g/mol. The third kappa shape index (κ3) is 4.72. The SMILES string of the molecule is CCC(=CCNC1CCCCC1SC)C(=O)O. The Bertz CT molecular complexity index is 279. The Labute approximate surface area is 108 Å². The van der Waals surface area contributed by atoms with Crippen molar-refractivity contribution in [3.63, 3.8) is 0 Å². The lowest BCUT2D eigenvalue weighted by molar-refractivity contribution is -0.132. The Morgan fingerprint density at radius 1 is 1.47 bits per heavy atom. The van der Waals surface area contributed by atoms with Crippen LogP contribution in [0.1, 0.15) is 39.0 Å². The summed E-state index contributed by atoms with van der Waals surface area (Å²) in [5.41, 5.74) is 0.508. The Morgan fingerprint density at radius 2 is 2.18 bits per heavy atom. The molecule has 1 saturated carbocycles. The van der Waals surface area contributed by atoms with Crippen LogP contribution in [0, 0.1) is 0 Å². The molecule has 0 saturated heterocycles. The molecule has 0 bridgehead atoms. The van der Waals surface area contributed by atoms with E-state index in [2.05, 4.69) is 11.6 Å². The van der Waals surface area contributed by atoms with Crippen LogP contribution >= 0.6 is 11.8 Å². The zero-order valence-corrected chi connectivity index (χ0v) is 11.6. The van der Waals surface area contributed by atoms with Gasteiger partial charge in [-0.2, -0.15) is 11.8 Å². The van der Waals surface area contributed by atoms with Crippen molar-refractivity contribution in [1.82, 2.24) is 5.32 Å². The van der Waals surface area contributed by atoms with Crippen LogP contribution in [-0.2, 0) is 4.79 Å². The summed E-state index contributed by atoms with van der Waals surface area (Å²) < 4.78 is 0. The van der Waals surface area contributed by atoms with Gasteiger partial charge in [0.1, 0.15) is 0 Å². The van der Waals surface area contributed by atoms with Crippen LogP contribution in [0.5, 0.6) is 0 Å². The first kappa shape index (κ1) is 14.6. The molecule has 3 nitrogen and oxygen atoms in total. The molecule has 2 N–H and O–H groups in total. The topological polar surface area (TPSA) is 49.3 Å². The van der Waals surface area contributed by atoms with Crippen molar-refractivity contribution in [3.05, 3.63) is 11.6 Å². The third-order valence-electron chi connectivity index (χ3n) is 3.39. The molecule has 0 aromatic carbocycles. The number of hydrogen-bond donors (Lipinski definition) is 2. The molecule has 2 unspecified atom stereocenters. The van der Waals surface area contributed by atoms with E-state index >= 15 is 0 Å². The first-order chi connectivity index (χ1) is 8.19. The highest BCUT2D eigenvalue weighted by molar-refractivity contribution is 7.99. The summed E-state index contributed by atoms with van der Waals surface area (Å²) in [5.74, 6) is -0.792. The standard InChI is InChI=1S/C13H23NO2S/c1-3-10(13(15)16)8-9-14-11-6-4-5-7-12(11)17-2/h8,11-12,14H,3-7,9H2,1-2H3,(H,15,16). The van der Waals surface area contributed by atoms with Crippen LogP contribution in [0.4, 0.5) is 0 Å². The molecule has 98 valence electrons. The van der Waals surface area contributed by atoms with Gasteiger partial charge >= 0.3 is 5.97 Å². The fourth-order valence-corrected chi connectivity index (χ4v) is 3.29. The van der Waals surface area contributed by atoms with E-state index in [-0.39, 0.29) is 0 Å². The van der Waals surface area contributed by atoms with Crippen molar-refractivity contribution in [2.24, 2.45) is 0 Å². The van der Waals surface area contributed by atoms with Gasteiger partial charge in [0, 0.05) is 23.4 Å². The molecule has 0 aromatic heterocycles. The molecule has 0 aliphatic heterocycles. The Hall–Kier alpha value is -0.480. The molecule has 1 aliphatic carbocycles. The van der Waals surface area contributed by atoms with E-state index in [4.69, 9.17) is 5.11 Å². The van der Waals surface area contributed by atoms with Gasteiger partial charge in [-0.1, -0.05) is 25.8 Å². The average molecular weight is 257 g/mol. The lowest BCUT2D eigenvalue weighted by Crippen LogP contribution is -2.40. The van der Waals surface area contributed by atoms with E-state index in [0.29, 0.717) is 29.8 Å². The highest BCUT2D eigenvalue weighted by Gasteiger charge is 2.23. The predicted octanol–water partition coefficient (Wildman–Crippen LogP) is 2.67. The second kappa shape index (κ2) is 7.77. The maximum atomic E-state index is 10.8. The fourth-order valence-electron chi connectivity index (χ4n) is 2.33. The van der Waals surface area contributed by atoms with Crippen LogP contribution < -0.4 is 5.32 Å². The van der Waals surface area contributed by atoms with Gasteiger partial charge in [-0.25, -0.2) is 4.79 Å². The van der Waals surface area contributed by atoms with E-state index in [0.717, 1.165) is 0 Å². The Balaban J connectivity index is 2.40. The van der Waals surface area contributed by atoms with Crippen molar-refractivity contribution in [3.8, 4) is 0 Å². The number of thioether (sulfide) groups is 1. The normalized spacial score (nSPS) is 25.9. The first-order valence-electron chi connectivity index (χ1n) is 6.37. The number of carboxylic acid groups (broad SMARTS) is 1. The predicted molar refractivity (Wildman–Crippen MR) is 73.6 cm³/mol. The highest BCUT2D eigenvalue weighted by Crippen LogP contribution is 2.26. The number of rotatable bonds is 6. The molecular formula is C13H23NO2S. The minimum absolute atomic E-state index is 0.508. The summed E-state index contributed by atoms with van der Waals surface area (Å²) in [7, 11) is 0. The van der Waals surface area contributed by atoms with Gasteiger partial charge in [-0.15, -0.1) is 0 Å². The van der Waals surface area contributed by atoms with Crippen molar-refractivity contribution in [2.45, 2.75) is 50.3 Å². The van der Waals surface area contributed by atoms with Crippen molar-refractivity contribution >= 4 is 17.7 Å². The number of carbonyl (C=O) groups is 1. The number of carboxylic acids is 1. The van der Waals surface area contributed by atoms with Gasteiger partial charge in [0.05, 0.1) is 0 Å². The lowest BCUT2D eigenvalue weighted by Gasteiger charge is -2.30. The number of hydrogen-bond acceptors (Lipinski definition) is 3. The molecule has 0 amide bonds. The van der Waals surface area contributed by atoms with Gasteiger partial charge in [-0.3, -0.25) is 0 Å². The molecule has 17 heavy (non-hydrogen) atoms. The first-order valence-corrected chi connectivity index (χ1v) is 7.66. The maximum absolute atomic E-state index is 10.8. The van der Waals surface area contributed by atoms with Crippen LogP contribution in [0.2, 0.25) is 0 Å². The fraction of sp³-hybridized carbons (Fsp3) is 0.769. The van der Waals surface area contributed by atoms with Crippen molar-refractivity contribution < 1.29 is 9.90 Å². The van der Waals surface area contributed by atoms with E-state index in [9.17, 15) is 4.79 Å². The summed E-state index contributed by atoms with van der Waals surface area (Å²) in [5, 5.41) is 13.1. The Morgan fingerprint density at radius 3 is 2.76 bits per heavy atom. The molecule has 1 fully saturated rings. The maximum Gasteiger partial charge on any atom is 0.331 e. The quantitative estimate of drug-likeness (QED) is 0.718. The van der Waals surface area contributed by atoms with Gasteiger partial charge in [0.25, 0.3) is 0 Å². The second-order valence-electron chi connectivity index (χ2n) is 4.46. The largest absolute Gasteiger partial charge is 0.478 e. The monoisotopic (exact) mass is 257 g/mol. The van der Waals surface area contributed by atoms with Crippen LogP contribution in [0.25, 0.3) is 0 Å². The summed E-state index contributed by atoms with van der Waals surface area (Å²) in [6, 6.07) is 0.543. The van der Waals surface area contributed by atoms with Crippen molar-refractivity contribution in [1.29, 1.82) is 0 Å². The molecule has 1 aliphatic rings. The smallest absolute Gasteiger partial charge is 0.331 e. The third-order valence-corrected chi connectivity index (χ3v) is 4.56. The van der Waals surface area contributed by atoms with Gasteiger partial charge in [0.15, 0.2) is 0 Å². The zero-order valence-electron chi connectivity index (χ0n) is 10.7. The van der Waals surface area contributed by atoms with E-state index in [1.165, 1.54) is 25.7 Å². The minimum atomic E-state index is -0.792. The lowest BCUT2D eigenvalue weighted by atomic mass is 9.95. The van der Waals surface area contributed by atoms with Crippen LogP contribution in [-0.4, -0.2) is 35.2 Å². The second-order valence-corrected chi connectivity index (χ2v) is 5.54. The molecule has 0 spiro atoms.